The van der Waals surface area contributed by atoms with Gasteiger partial charge in [0, 0.05) is 15.9 Å². The van der Waals surface area contributed by atoms with Gasteiger partial charge in [0.2, 0.25) is 0 Å². The largest absolute Gasteiger partial charge is 0.388 e. The second kappa shape index (κ2) is 3.93. The first-order chi connectivity index (χ1) is 4.06. The molecule has 0 rings (SSSR count). The van der Waals surface area contributed by atoms with Crippen LogP contribution >= 0.6 is 0 Å². The van der Waals surface area contributed by atoms with Gasteiger partial charge in [-0.05, 0) is 0 Å². The van der Waals surface area contributed by atoms with Crippen LogP contribution in [0.4, 0.5) is 13.2 Å². The van der Waals surface area contributed by atoms with E-state index in [2.05, 4.69) is 0 Å². The first-order valence-corrected chi connectivity index (χ1v) is 5.13. The highest BCUT2D eigenvalue weighted by molar-refractivity contribution is 6.35. The van der Waals surface area contributed by atoms with Gasteiger partial charge in [0.1, 0.15) is 0 Å². The smallest absolute Gasteiger partial charge is 0.171 e. The summed E-state index contributed by atoms with van der Waals surface area (Å²) >= 11 is 0. The molecule has 0 aromatic heterocycles. The molecule has 0 saturated heterocycles. The Balaban J connectivity index is 3.07. The maximum Gasteiger partial charge on any atom is 0.388 e. The summed E-state index contributed by atoms with van der Waals surface area (Å²) in [5.41, 5.74) is 0. The lowest BCUT2D eigenvalue weighted by Gasteiger charge is -2.02. The Labute approximate surface area is 55.3 Å². The maximum atomic E-state index is 11.4. The van der Waals surface area contributed by atoms with E-state index in [1.165, 1.54) is 0 Å². The highest BCUT2D eigenvalue weighted by atomic mass is 28.2. The molecular weight excluding hydrogens is 145 g/mol. The summed E-state index contributed by atoms with van der Waals surface area (Å²) in [6.07, 6.45) is -4.48. The first kappa shape index (κ1) is 9.01. The lowest BCUT2D eigenvalue weighted by molar-refractivity contribution is -0.130. The summed E-state index contributed by atoms with van der Waals surface area (Å²) in [5.74, 6) is 0. The Morgan fingerprint density at radius 2 is 1.89 bits per heavy atom. The van der Waals surface area contributed by atoms with E-state index < -0.39 is 12.6 Å². The van der Waals surface area contributed by atoms with E-state index in [-0.39, 0.29) is 9.52 Å². The third-order valence-corrected chi connectivity index (χ3v) is 2.62. The second-order valence-electron chi connectivity index (χ2n) is 2.07. The van der Waals surface area contributed by atoms with Gasteiger partial charge >= 0.3 is 6.18 Å². The molecule has 0 amide bonds. The molecule has 0 bridgehead atoms. The Bertz CT molecular complexity index is 69.1. The fourth-order valence-corrected chi connectivity index (χ4v) is 1.73. The minimum atomic E-state index is -3.91. The topological polar surface area (TPSA) is 0 Å². The minimum absolute atomic E-state index is 0.378. The van der Waals surface area contributed by atoms with Gasteiger partial charge in [-0.1, -0.05) is 19.0 Å². The second-order valence-corrected chi connectivity index (χ2v) is 4.49. The van der Waals surface area contributed by atoms with Crippen molar-refractivity contribution in [1.82, 2.24) is 0 Å². The van der Waals surface area contributed by atoms with Crippen LogP contribution in [0, 0.1) is 0 Å². The molecule has 0 aliphatic rings. The van der Waals surface area contributed by atoms with Crippen LogP contribution in [0.1, 0.15) is 13.3 Å². The summed E-state index contributed by atoms with van der Waals surface area (Å²) in [6.45, 7) is 1.95. The van der Waals surface area contributed by atoms with E-state index >= 15 is 0 Å². The maximum absolute atomic E-state index is 11.4. The van der Waals surface area contributed by atoms with Gasteiger partial charge in [-0.15, -0.1) is 0 Å². The van der Waals surface area contributed by atoms with Crippen molar-refractivity contribution in [3.63, 3.8) is 0 Å². The molecule has 9 heavy (non-hydrogen) atoms. The zero-order valence-electron chi connectivity index (χ0n) is 5.46. The molecule has 0 fully saturated rings. The molecule has 0 aromatic rings. The average Bonchev–Trinajstić information content (AvgIpc) is 1.63. The van der Waals surface area contributed by atoms with E-state index in [1.807, 2.05) is 6.92 Å². The Morgan fingerprint density at radius 3 is 2.22 bits per heavy atom. The summed E-state index contributed by atoms with van der Waals surface area (Å²) < 4.78 is 34.2. The Hall–Kier alpha value is 0.00688. The number of halogens is 3. The molecule has 0 aliphatic heterocycles. The van der Waals surface area contributed by atoms with E-state index in [0.717, 1.165) is 6.04 Å². The van der Waals surface area contributed by atoms with E-state index in [4.69, 9.17) is 0 Å². The Morgan fingerprint density at radius 1 is 1.33 bits per heavy atom. The summed E-state index contributed by atoms with van der Waals surface area (Å²) in [5, 5.41) is 0. The molecule has 0 N–H and O–H groups in total. The predicted molar refractivity (Wildman–Crippen MR) is 34.5 cm³/mol. The van der Waals surface area contributed by atoms with Gasteiger partial charge < -0.3 is 0 Å². The number of alkyl halides is 3. The molecule has 0 spiro atoms. The van der Waals surface area contributed by atoms with Crippen molar-refractivity contribution < 1.29 is 13.2 Å². The van der Waals surface area contributed by atoms with E-state index in [9.17, 15) is 13.2 Å². The van der Waals surface area contributed by atoms with Crippen LogP contribution in [-0.2, 0) is 0 Å². The lowest BCUT2D eigenvalue weighted by atomic mass is 10.5. The number of hydrogen-bond acceptors (Lipinski definition) is 0. The quantitative estimate of drug-likeness (QED) is 0.433. The molecule has 0 unspecified atom stereocenters. The Kier molecular flexibility index (Phi) is 3.93. The fraction of sp³-hybridized carbons (Fsp3) is 1.00. The molecule has 0 aromatic carbocycles. The van der Waals surface area contributed by atoms with Crippen LogP contribution < -0.4 is 0 Å². The molecular formula is C5H11F3Si. The monoisotopic (exact) mass is 156 g/mol. The predicted octanol–water partition coefficient (Wildman–Crippen LogP) is 1.96. The molecule has 0 radical (unpaired) electrons. The van der Waals surface area contributed by atoms with Crippen LogP contribution in [0.25, 0.3) is 0 Å². The molecule has 0 heterocycles. The molecule has 0 aliphatic carbocycles. The molecule has 0 atom stereocenters. The van der Waals surface area contributed by atoms with Crippen molar-refractivity contribution in [2.45, 2.75) is 31.6 Å². The van der Waals surface area contributed by atoms with Crippen molar-refractivity contribution in [3.8, 4) is 0 Å². The van der Waals surface area contributed by atoms with Crippen molar-refractivity contribution in [1.29, 1.82) is 0 Å². The van der Waals surface area contributed by atoms with Gasteiger partial charge in [0.05, 0.1) is 0 Å². The lowest BCUT2D eigenvalue weighted by Crippen LogP contribution is -2.07. The van der Waals surface area contributed by atoms with Crippen molar-refractivity contribution in [2.24, 2.45) is 0 Å². The highest BCUT2D eigenvalue weighted by Gasteiger charge is 2.25. The van der Waals surface area contributed by atoms with Crippen LogP contribution in [0.5, 0.6) is 0 Å². The third-order valence-electron chi connectivity index (χ3n) is 1.06. The van der Waals surface area contributed by atoms with Crippen molar-refractivity contribution in [3.05, 3.63) is 0 Å². The fourth-order valence-electron chi connectivity index (χ4n) is 0.575. The summed E-state index contributed by atoms with van der Waals surface area (Å²) in [6, 6.07) is 1.40. The molecule has 56 valence electrons. The standard InChI is InChI=1S/C5H11F3Si/c1-2-9-4-3-5(6,7)8/h2-4,9H2,1H3. The SMILES string of the molecule is CC[SiH2]CCC(F)(F)F. The molecule has 0 saturated carbocycles. The summed E-state index contributed by atoms with van der Waals surface area (Å²) in [4.78, 5) is 0. The minimum Gasteiger partial charge on any atom is -0.171 e. The van der Waals surface area contributed by atoms with Gasteiger partial charge in [-0.25, -0.2) is 0 Å². The zero-order valence-corrected chi connectivity index (χ0v) is 6.88. The van der Waals surface area contributed by atoms with Crippen LogP contribution in [0.2, 0.25) is 12.1 Å². The average molecular weight is 156 g/mol. The van der Waals surface area contributed by atoms with Gasteiger partial charge in [-0.2, -0.15) is 13.2 Å². The first-order valence-electron chi connectivity index (χ1n) is 3.13. The van der Waals surface area contributed by atoms with Crippen LogP contribution in [0.15, 0.2) is 0 Å². The van der Waals surface area contributed by atoms with Gasteiger partial charge in [-0.3, -0.25) is 0 Å². The third kappa shape index (κ3) is 8.01. The van der Waals surface area contributed by atoms with E-state index in [0.29, 0.717) is 6.04 Å². The summed E-state index contributed by atoms with van der Waals surface area (Å²) in [7, 11) is -0.378. The van der Waals surface area contributed by atoms with E-state index in [1.54, 1.807) is 0 Å². The molecule has 4 heteroatoms. The molecule has 0 nitrogen and oxygen atoms in total. The normalized spacial score (nSPS) is 13.3. The van der Waals surface area contributed by atoms with Crippen LogP contribution in [0.3, 0.4) is 0 Å². The van der Waals surface area contributed by atoms with Crippen molar-refractivity contribution >= 4 is 9.52 Å². The number of rotatable bonds is 3. The highest BCUT2D eigenvalue weighted by Crippen LogP contribution is 2.21. The van der Waals surface area contributed by atoms with Crippen LogP contribution in [-0.4, -0.2) is 15.7 Å². The zero-order chi connectivity index (χ0) is 7.33. The van der Waals surface area contributed by atoms with Gasteiger partial charge in [0.15, 0.2) is 0 Å². The van der Waals surface area contributed by atoms with Gasteiger partial charge in [0.25, 0.3) is 0 Å². The van der Waals surface area contributed by atoms with Crippen molar-refractivity contribution in [2.75, 3.05) is 0 Å². The number of hydrogen-bond donors (Lipinski definition) is 0.